The Bertz CT molecular complexity index is 109. The van der Waals surface area contributed by atoms with Crippen LogP contribution in [0.4, 0.5) is 0 Å². The predicted molar refractivity (Wildman–Crippen MR) is 48.1 cm³/mol. The van der Waals surface area contributed by atoms with Crippen LogP contribution < -0.4 is 0 Å². The molecule has 0 heterocycles. The lowest BCUT2D eigenvalue weighted by atomic mass is 9.99. The molecule has 0 aromatic carbocycles. The molecule has 0 amide bonds. The highest BCUT2D eigenvalue weighted by Gasteiger charge is 1.98. The van der Waals surface area contributed by atoms with Crippen molar-refractivity contribution >= 4 is 0 Å². The summed E-state index contributed by atoms with van der Waals surface area (Å²) >= 11 is 0. The van der Waals surface area contributed by atoms with Crippen LogP contribution in [-0.2, 0) is 0 Å². The first-order valence-corrected chi connectivity index (χ1v) is 4.26. The van der Waals surface area contributed by atoms with E-state index >= 15 is 0 Å². The van der Waals surface area contributed by atoms with Crippen LogP contribution in [-0.4, -0.2) is 0 Å². The minimum atomic E-state index is 0.717. The Morgan fingerprint density at radius 2 is 1.80 bits per heavy atom. The second-order valence-electron chi connectivity index (χ2n) is 3.45. The van der Waals surface area contributed by atoms with Crippen LogP contribution in [0.5, 0.6) is 0 Å². The van der Waals surface area contributed by atoms with Crippen LogP contribution in [0.2, 0.25) is 0 Å². The third kappa shape index (κ3) is 3.71. The molecule has 0 saturated carbocycles. The normalized spacial score (nSPS) is 16.0. The van der Waals surface area contributed by atoms with Crippen molar-refractivity contribution in [2.75, 3.05) is 0 Å². The molecule has 0 aliphatic carbocycles. The molecule has 0 rings (SSSR count). The number of allylic oxidation sites excluding steroid dienone is 2. The van der Waals surface area contributed by atoms with Gasteiger partial charge in [-0.15, -0.1) is 0 Å². The Kier molecular flexibility index (Phi) is 4.42. The first-order chi connectivity index (χ1) is 4.57. The summed E-state index contributed by atoms with van der Waals surface area (Å²) in [5, 5.41) is 0. The Hall–Kier alpha value is -0.260. The second-order valence-corrected chi connectivity index (χ2v) is 3.45. The Morgan fingerprint density at radius 3 is 2.10 bits per heavy atom. The fourth-order valence-corrected chi connectivity index (χ4v) is 0.759. The minimum absolute atomic E-state index is 0.717. The fraction of sp³-hybridized carbons (Fsp3) is 0.800. The summed E-state index contributed by atoms with van der Waals surface area (Å²) in [6.45, 7) is 11.2. The summed E-state index contributed by atoms with van der Waals surface area (Å²) in [6.07, 6.45) is 3.63. The van der Waals surface area contributed by atoms with E-state index in [4.69, 9.17) is 0 Å². The molecule has 0 radical (unpaired) electrons. The summed E-state index contributed by atoms with van der Waals surface area (Å²) in [5.41, 5.74) is 1.52. The van der Waals surface area contributed by atoms with Crippen molar-refractivity contribution in [1.82, 2.24) is 0 Å². The third-order valence-electron chi connectivity index (χ3n) is 2.10. The standard InChI is InChI=1S/C10H20/c1-6-9(4)7-10(5)8(2)3/h7-9H,6H2,1-5H3. The van der Waals surface area contributed by atoms with E-state index < -0.39 is 0 Å². The average Bonchev–Trinajstić information content (AvgIpc) is 1.87. The van der Waals surface area contributed by atoms with Crippen LogP contribution in [0.25, 0.3) is 0 Å². The molecule has 1 atom stereocenters. The zero-order valence-corrected chi connectivity index (χ0v) is 7.94. The maximum absolute atomic E-state index is 2.38. The van der Waals surface area contributed by atoms with Crippen LogP contribution in [0.3, 0.4) is 0 Å². The Labute approximate surface area is 65.3 Å². The molecule has 0 saturated heterocycles. The highest BCUT2D eigenvalue weighted by molar-refractivity contribution is 5.02. The van der Waals surface area contributed by atoms with Gasteiger partial charge in [0, 0.05) is 0 Å². The van der Waals surface area contributed by atoms with Gasteiger partial charge >= 0.3 is 0 Å². The predicted octanol–water partition coefficient (Wildman–Crippen LogP) is 3.63. The molecule has 0 aromatic rings. The molecule has 0 bridgehead atoms. The fourth-order valence-electron chi connectivity index (χ4n) is 0.759. The first kappa shape index (κ1) is 9.74. The summed E-state index contributed by atoms with van der Waals surface area (Å²) in [4.78, 5) is 0. The van der Waals surface area contributed by atoms with E-state index in [-0.39, 0.29) is 0 Å². The van der Waals surface area contributed by atoms with Crippen molar-refractivity contribution in [2.45, 2.75) is 41.0 Å². The van der Waals surface area contributed by atoms with E-state index in [1.54, 1.807) is 0 Å². The Morgan fingerprint density at radius 1 is 1.30 bits per heavy atom. The molecule has 0 nitrogen and oxygen atoms in total. The van der Waals surface area contributed by atoms with Gasteiger partial charge in [0.05, 0.1) is 0 Å². The highest BCUT2D eigenvalue weighted by atomic mass is 14.0. The van der Waals surface area contributed by atoms with Crippen molar-refractivity contribution in [3.05, 3.63) is 11.6 Å². The maximum atomic E-state index is 2.38. The molecular formula is C10H20. The van der Waals surface area contributed by atoms with E-state index in [0.717, 1.165) is 5.92 Å². The van der Waals surface area contributed by atoms with Crippen molar-refractivity contribution in [3.63, 3.8) is 0 Å². The van der Waals surface area contributed by atoms with Crippen molar-refractivity contribution in [2.24, 2.45) is 11.8 Å². The zero-order chi connectivity index (χ0) is 8.15. The summed E-state index contributed by atoms with van der Waals surface area (Å²) in [5.74, 6) is 1.47. The van der Waals surface area contributed by atoms with Crippen LogP contribution >= 0.6 is 0 Å². The molecule has 0 fully saturated rings. The molecule has 0 heteroatoms. The van der Waals surface area contributed by atoms with E-state index in [9.17, 15) is 0 Å². The second kappa shape index (κ2) is 4.54. The van der Waals surface area contributed by atoms with Crippen molar-refractivity contribution in [1.29, 1.82) is 0 Å². The molecule has 10 heavy (non-hydrogen) atoms. The molecular weight excluding hydrogens is 120 g/mol. The minimum Gasteiger partial charge on any atom is -0.0825 e. The van der Waals surface area contributed by atoms with E-state index in [1.165, 1.54) is 12.0 Å². The molecule has 0 spiro atoms. The van der Waals surface area contributed by atoms with Crippen LogP contribution in [0, 0.1) is 11.8 Å². The molecule has 0 N–H and O–H groups in total. The zero-order valence-electron chi connectivity index (χ0n) is 7.94. The molecule has 0 aliphatic heterocycles. The van der Waals surface area contributed by atoms with Gasteiger partial charge in [0.1, 0.15) is 0 Å². The summed E-state index contributed by atoms with van der Waals surface area (Å²) < 4.78 is 0. The van der Waals surface area contributed by atoms with Gasteiger partial charge in [0.2, 0.25) is 0 Å². The highest BCUT2D eigenvalue weighted by Crippen LogP contribution is 2.13. The largest absolute Gasteiger partial charge is 0.0825 e. The summed E-state index contributed by atoms with van der Waals surface area (Å²) in [7, 11) is 0. The van der Waals surface area contributed by atoms with E-state index in [2.05, 4.69) is 40.7 Å². The Balaban J connectivity index is 3.89. The number of rotatable bonds is 3. The van der Waals surface area contributed by atoms with Crippen LogP contribution in [0.1, 0.15) is 41.0 Å². The van der Waals surface area contributed by atoms with Crippen LogP contribution in [0.15, 0.2) is 11.6 Å². The molecule has 0 aromatic heterocycles. The number of hydrogen-bond donors (Lipinski definition) is 0. The van der Waals surface area contributed by atoms with Gasteiger partial charge in [-0.3, -0.25) is 0 Å². The lowest BCUT2D eigenvalue weighted by molar-refractivity contribution is 0.668. The first-order valence-electron chi connectivity index (χ1n) is 4.26. The molecule has 60 valence electrons. The van der Waals surface area contributed by atoms with E-state index in [1.807, 2.05) is 0 Å². The van der Waals surface area contributed by atoms with Gasteiger partial charge in [-0.1, -0.05) is 45.8 Å². The van der Waals surface area contributed by atoms with Gasteiger partial charge in [0.25, 0.3) is 0 Å². The lowest BCUT2D eigenvalue weighted by Gasteiger charge is -2.08. The number of hydrogen-bond acceptors (Lipinski definition) is 0. The topological polar surface area (TPSA) is 0 Å². The van der Waals surface area contributed by atoms with Crippen molar-refractivity contribution < 1.29 is 0 Å². The smallest absolute Gasteiger partial charge is 0.0262 e. The molecule has 1 unspecified atom stereocenters. The SMILES string of the molecule is CCC(C)C=C(C)C(C)C. The lowest BCUT2D eigenvalue weighted by Crippen LogP contribution is -1.93. The summed E-state index contributed by atoms with van der Waals surface area (Å²) in [6, 6.07) is 0. The molecule has 0 aliphatic rings. The van der Waals surface area contributed by atoms with Gasteiger partial charge < -0.3 is 0 Å². The van der Waals surface area contributed by atoms with Gasteiger partial charge in [-0.05, 0) is 18.8 Å². The van der Waals surface area contributed by atoms with Gasteiger partial charge in [-0.2, -0.15) is 0 Å². The van der Waals surface area contributed by atoms with Gasteiger partial charge in [0.15, 0.2) is 0 Å². The van der Waals surface area contributed by atoms with Gasteiger partial charge in [-0.25, -0.2) is 0 Å². The maximum Gasteiger partial charge on any atom is -0.0262 e. The monoisotopic (exact) mass is 140 g/mol. The average molecular weight is 140 g/mol. The van der Waals surface area contributed by atoms with E-state index in [0.29, 0.717) is 5.92 Å². The quantitative estimate of drug-likeness (QED) is 0.525. The van der Waals surface area contributed by atoms with Crippen molar-refractivity contribution in [3.8, 4) is 0 Å². The third-order valence-corrected chi connectivity index (χ3v) is 2.10.